The second kappa shape index (κ2) is 4.64. The SMILES string of the molecule is O=C(O)CCNC(=O)/C=C/C1CC1. The molecule has 13 heavy (non-hydrogen) atoms. The van der Waals surface area contributed by atoms with E-state index in [-0.39, 0.29) is 18.9 Å². The van der Waals surface area contributed by atoms with Gasteiger partial charge in [-0.05, 0) is 24.8 Å². The van der Waals surface area contributed by atoms with Crippen molar-refractivity contribution in [2.45, 2.75) is 19.3 Å². The fourth-order valence-corrected chi connectivity index (χ4v) is 0.864. The number of allylic oxidation sites excluding steroid dienone is 1. The first-order valence-corrected chi connectivity index (χ1v) is 4.36. The Balaban J connectivity index is 2.06. The third-order valence-electron chi connectivity index (χ3n) is 1.78. The molecule has 0 aromatic rings. The summed E-state index contributed by atoms with van der Waals surface area (Å²) in [6.07, 6.45) is 5.66. The molecule has 0 aliphatic heterocycles. The van der Waals surface area contributed by atoms with Crippen molar-refractivity contribution in [3.63, 3.8) is 0 Å². The highest BCUT2D eigenvalue weighted by Gasteiger charge is 2.17. The lowest BCUT2D eigenvalue weighted by atomic mass is 10.3. The maximum absolute atomic E-state index is 11.0. The minimum absolute atomic E-state index is 0.0248. The fourth-order valence-electron chi connectivity index (χ4n) is 0.864. The monoisotopic (exact) mass is 183 g/mol. The first kappa shape index (κ1) is 9.77. The predicted molar refractivity (Wildman–Crippen MR) is 47.1 cm³/mol. The molecule has 0 unspecified atom stereocenters. The molecule has 1 rings (SSSR count). The van der Waals surface area contributed by atoms with Crippen LogP contribution in [0.3, 0.4) is 0 Å². The second-order valence-corrected chi connectivity index (χ2v) is 3.13. The minimum Gasteiger partial charge on any atom is -0.481 e. The molecule has 0 bridgehead atoms. The van der Waals surface area contributed by atoms with Gasteiger partial charge in [0, 0.05) is 6.54 Å². The van der Waals surface area contributed by atoms with E-state index in [0.717, 1.165) is 0 Å². The number of carbonyl (C=O) groups is 2. The lowest BCUT2D eigenvalue weighted by molar-refractivity contribution is -0.136. The van der Waals surface area contributed by atoms with Gasteiger partial charge in [-0.15, -0.1) is 0 Å². The molecule has 1 amide bonds. The van der Waals surface area contributed by atoms with E-state index >= 15 is 0 Å². The number of amides is 1. The van der Waals surface area contributed by atoms with Gasteiger partial charge in [0.2, 0.25) is 5.91 Å². The Hall–Kier alpha value is -1.32. The lowest BCUT2D eigenvalue weighted by Crippen LogP contribution is -2.23. The van der Waals surface area contributed by atoms with Crippen LogP contribution in [0.4, 0.5) is 0 Å². The van der Waals surface area contributed by atoms with E-state index in [1.807, 2.05) is 6.08 Å². The van der Waals surface area contributed by atoms with Crippen molar-refractivity contribution in [2.24, 2.45) is 5.92 Å². The van der Waals surface area contributed by atoms with Crippen molar-refractivity contribution in [3.8, 4) is 0 Å². The van der Waals surface area contributed by atoms with Crippen LogP contribution in [-0.2, 0) is 9.59 Å². The van der Waals surface area contributed by atoms with Gasteiger partial charge in [0.25, 0.3) is 0 Å². The van der Waals surface area contributed by atoms with E-state index < -0.39 is 5.97 Å². The van der Waals surface area contributed by atoms with Crippen LogP contribution < -0.4 is 5.32 Å². The number of nitrogens with one attached hydrogen (secondary N) is 1. The molecule has 1 aliphatic rings. The topological polar surface area (TPSA) is 66.4 Å². The van der Waals surface area contributed by atoms with Gasteiger partial charge in [-0.2, -0.15) is 0 Å². The summed E-state index contributed by atoms with van der Waals surface area (Å²) < 4.78 is 0. The van der Waals surface area contributed by atoms with Crippen LogP contribution in [0.1, 0.15) is 19.3 Å². The van der Waals surface area contributed by atoms with Gasteiger partial charge in [-0.3, -0.25) is 9.59 Å². The summed E-state index contributed by atoms with van der Waals surface area (Å²) in [5.74, 6) is -0.523. The Labute approximate surface area is 76.6 Å². The molecule has 0 atom stereocenters. The molecule has 72 valence electrons. The van der Waals surface area contributed by atoms with E-state index in [0.29, 0.717) is 5.92 Å². The van der Waals surface area contributed by atoms with Gasteiger partial charge in [0.15, 0.2) is 0 Å². The number of aliphatic carboxylic acids is 1. The highest BCUT2D eigenvalue weighted by molar-refractivity contribution is 5.87. The van der Waals surface area contributed by atoms with Crippen molar-refractivity contribution >= 4 is 11.9 Å². The predicted octanol–water partition coefficient (Wildman–Crippen LogP) is 0.544. The number of hydrogen-bond acceptors (Lipinski definition) is 2. The van der Waals surface area contributed by atoms with Crippen LogP contribution >= 0.6 is 0 Å². The van der Waals surface area contributed by atoms with Crippen LogP contribution in [0.2, 0.25) is 0 Å². The third kappa shape index (κ3) is 5.00. The molecular weight excluding hydrogens is 170 g/mol. The highest BCUT2D eigenvalue weighted by atomic mass is 16.4. The number of rotatable bonds is 5. The van der Waals surface area contributed by atoms with Crippen molar-refractivity contribution in [3.05, 3.63) is 12.2 Å². The van der Waals surface area contributed by atoms with Crippen LogP contribution in [0.15, 0.2) is 12.2 Å². The van der Waals surface area contributed by atoms with Crippen LogP contribution in [0.25, 0.3) is 0 Å². The number of carboxylic acid groups (broad SMARTS) is 1. The van der Waals surface area contributed by atoms with Gasteiger partial charge >= 0.3 is 5.97 Å². The molecule has 0 spiro atoms. The number of carbonyl (C=O) groups excluding carboxylic acids is 1. The second-order valence-electron chi connectivity index (χ2n) is 3.13. The highest BCUT2D eigenvalue weighted by Crippen LogP contribution is 2.29. The van der Waals surface area contributed by atoms with Gasteiger partial charge < -0.3 is 10.4 Å². The summed E-state index contributed by atoms with van der Waals surface area (Å²) in [5.41, 5.74) is 0. The maximum atomic E-state index is 11.0. The fraction of sp³-hybridized carbons (Fsp3) is 0.556. The lowest BCUT2D eigenvalue weighted by Gasteiger charge is -1.97. The summed E-state index contributed by atoms with van der Waals surface area (Å²) in [6.45, 7) is 0.198. The molecule has 1 saturated carbocycles. The molecule has 4 nitrogen and oxygen atoms in total. The Morgan fingerprint density at radius 2 is 2.15 bits per heavy atom. The van der Waals surface area contributed by atoms with E-state index in [4.69, 9.17) is 5.11 Å². The van der Waals surface area contributed by atoms with E-state index in [1.165, 1.54) is 18.9 Å². The quantitative estimate of drug-likeness (QED) is 0.611. The van der Waals surface area contributed by atoms with E-state index in [1.54, 1.807) is 0 Å². The molecule has 0 radical (unpaired) electrons. The third-order valence-corrected chi connectivity index (χ3v) is 1.78. The average molecular weight is 183 g/mol. The van der Waals surface area contributed by atoms with E-state index in [2.05, 4.69) is 5.32 Å². The van der Waals surface area contributed by atoms with Crippen molar-refractivity contribution in [1.82, 2.24) is 5.32 Å². The molecule has 1 aliphatic carbocycles. The summed E-state index contributed by atoms with van der Waals surface area (Å²) in [4.78, 5) is 21.1. The number of carboxylic acids is 1. The largest absolute Gasteiger partial charge is 0.481 e. The van der Waals surface area contributed by atoms with Crippen LogP contribution in [0, 0.1) is 5.92 Å². The van der Waals surface area contributed by atoms with Crippen LogP contribution in [0.5, 0.6) is 0 Å². The standard InChI is InChI=1S/C9H13NO3/c11-8(4-3-7-1-2-7)10-6-5-9(12)13/h3-4,7H,1-2,5-6H2,(H,10,11)(H,12,13)/b4-3+. The van der Waals surface area contributed by atoms with Crippen molar-refractivity contribution in [2.75, 3.05) is 6.54 Å². The molecule has 0 saturated heterocycles. The minimum atomic E-state index is -0.897. The molecule has 4 heteroatoms. The molecule has 1 fully saturated rings. The summed E-state index contributed by atoms with van der Waals surface area (Å²) >= 11 is 0. The summed E-state index contributed by atoms with van der Waals surface area (Å²) in [5, 5.41) is 10.8. The van der Waals surface area contributed by atoms with Crippen LogP contribution in [-0.4, -0.2) is 23.5 Å². The van der Waals surface area contributed by atoms with Gasteiger partial charge in [0.05, 0.1) is 6.42 Å². The summed E-state index contributed by atoms with van der Waals surface area (Å²) in [7, 11) is 0. The first-order valence-electron chi connectivity index (χ1n) is 4.36. The Bertz CT molecular complexity index is 231. The smallest absolute Gasteiger partial charge is 0.305 e. The van der Waals surface area contributed by atoms with Crippen molar-refractivity contribution in [1.29, 1.82) is 0 Å². The Morgan fingerprint density at radius 1 is 1.46 bits per heavy atom. The molecule has 0 aromatic heterocycles. The molecular formula is C9H13NO3. The molecule has 0 aromatic carbocycles. The molecule has 0 heterocycles. The van der Waals surface area contributed by atoms with E-state index in [9.17, 15) is 9.59 Å². The first-order chi connectivity index (χ1) is 6.18. The summed E-state index contributed by atoms with van der Waals surface area (Å²) in [6, 6.07) is 0. The zero-order valence-corrected chi connectivity index (χ0v) is 7.32. The van der Waals surface area contributed by atoms with Crippen molar-refractivity contribution < 1.29 is 14.7 Å². The maximum Gasteiger partial charge on any atom is 0.305 e. The van der Waals surface area contributed by atoms with Gasteiger partial charge in [-0.1, -0.05) is 6.08 Å². The normalized spacial score (nSPS) is 16.0. The Morgan fingerprint density at radius 3 is 2.69 bits per heavy atom. The van der Waals surface area contributed by atoms with Gasteiger partial charge in [0.1, 0.15) is 0 Å². The zero-order chi connectivity index (χ0) is 9.68. The number of hydrogen-bond donors (Lipinski definition) is 2. The zero-order valence-electron chi connectivity index (χ0n) is 7.32. The average Bonchev–Trinajstić information content (AvgIpc) is 2.83. The molecule has 2 N–H and O–H groups in total. The van der Waals surface area contributed by atoms with Gasteiger partial charge in [-0.25, -0.2) is 0 Å². The Kier molecular flexibility index (Phi) is 3.49.